The summed E-state index contributed by atoms with van der Waals surface area (Å²) in [5, 5.41) is 2.94. The first-order chi connectivity index (χ1) is 8.54. The number of nitrogens with one attached hydrogen (secondary N) is 1. The Balaban J connectivity index is 2.61. The molecule has 0 saturated heterocycles. The van der Waals surface area contributed by atoms with Crippen LogP contribution in [0.25, 0.3) is 0 Å². The quantitative estimate of drug-likeness (QED) is 0.811. The van der Waals surface area contributed by atoms with Gasteiger partial charge in [0.1, 0.15) is 0 Å². The standard InChI is InChI=1S/C14H23N3O/c1-11(6-5-9-15)14(18)16-12-7-4-8-13(10-12)17(2)3/h4,7-8,10-11H,5-6,9,15H2,1-3H3,(H,16,18). The van der Waals surface area contributed by atoms with Crippen molar-refractivity contribution in [3.63, 3.8) is 0 Å². The predicted molar refractivity (Wildman–Crippen MR) is 76.9 cm³/mol. The van der Waals surface area contributed by atoms with Crippen LogP contribution in [-0.4, -0.2) is 26.5 Å². The molecule has 0 aliphatic rings. The molecule has 0 spiro atoms. The molecule has 18 heavy (non-hydrogen) atoms. The second kappa shape index (κ2) is 7.01. The number of amides is 1. The number of nitrogens with zero attached hydrogens (tertiary/aromatic N) is 1. The van der Waals surface area contributed by atoms with Crippen LogP contribution in [0.15, 0.2) is 24.3 Å². The smallest absolute Gasteiger partial charge is 0.227 e. The Labute approximate surface area is 109 Å². The highest BCUT2D eigenvalue weighted by atomic mass is 16.1. The van der Waals surface area contributed by atoms with Gasteiger partial charge in [0.05, 0.1) is 0 Å². The van der Waals surface area contributed by atoms with Crippen LogP contribution in [0.4, 0.5) is 11.4 Å². The van der Waals surface area contributed by atoms with E-state index in [2.05, 4.69) is 5.32 Å². The first kappa shape index (κ1) is 14.5. The van der Waals surface area contributed by atoms with Crippen molar-refractivity contribution in [2.45, 2.75) is 19.8 Å². The Kier molecular flexibility index (Phi) is 5.65. The van der Waals surface area contributed by atoms with Gasteiger partial charge in [0.15, 0.2) is 0 Å². The lowest BCUT2D eigenvalue weighted by atomic mass is 10.0. The molecule has 0 fully saturated rings. The van der Waals surface area contributed by atoms with Gasteiger partial charge in [0.2, 0.25) is 5.91 Å². The topological polar surface area (TPSA) is 58.4 Å². The first-order valence-electron chi connectivity index (χ1n) is 6.33. The van der Waals surface area contributed by atoms with E-state index in [0.717, 1.165) is 24.2 Å². The SMILES string of the molecule is CC(CCCN)C(=O)Nc1cccc(N(C)C)c1. The number of hydrogen-bond acceptors (Lipinski definition) is 3. The van der Waals surface area contributed by atoms with Gasteiger partial charge in [0.25, 0.3) is 0 Å². The molecule has 0 aliphatic carbocycles. The maximum absolute atomic E-state index is 11.9. The van der Waals surface area contributed by atoms with Crippen LogP contribution in [0.2, 0.25) is 0 Å². The zero-order valence-electron chi connectivity index (χ0n) is 11.4. The van der Waals surface area contributed by atoms with Crippen LogP contribution in [0, 0.1) is 5.92 Å². The molecule has 100 valence electrons. The molecule has 0 radical (unpaired) electrons. The zero-order valence-corrected chi connectivity index (χ0v) is 11.4. The van der Waals surface area contributed by atoms with E-state index in [-0.39, 0.29) is 11.8 Å². The van der Waals surface area contributed by atoms with Crippen molar-refractivity contribution in [1.29, 1.82) is 0 Å². The fourth-order valence-corrected chi connectivity index (χ4v) is 1.68. The summed E-state index contributed by atoms with van der Waals surface area (Å²) in [4.78, 5) is 13.9. The Morgan fingerprint density at radius 1 is 1.44 bits per heavy atom. The third kappa shape index (κ3) is 4.37. The molecule has 1 unspecified atom stereocenters. The Morgan fingerprint density at radius 2 is 2.17 bits per heavy atom. The number of anilines is 2. The highest BCUT2D eigenvalue weighted by Crippen LogP contribution is 2.18. The monoisotopic (exact) mass is 249 g/mol. The van der Waals surface area contributed by atoms with E-state index in [0.29, 0.717) is 6.54 Å². The summed E-state index contributed by atoms with van der Waals surface area (Å²) in [7, 11) is 3.95. The Bertz CT molecular complexity index is 390. The summed E-state index contributed by atoms with van der Waals surface area (Å²) in [6.45, 7) is 2.56. The van der Waals surface area contributed by atoms with E-state index in [1.54, 1.807) is 0 Å². The lowest BCUT2D eigenvalue weighted by Crippen LogP contribution is -2.21. The molecule has 0 aromatic heterocycles. The molecule has 4 heteroatoms. The summed E-state index contributed by atoms with van der Waals surface area (Å²) >= 11 is 0. The van der Waals surface area contributed by atoms with Crippen LogP contribution in [0.3, 0.4) is 0 Å². The minimum Gasteiger partial charge on any atom is -0.378 e. The van der Waals surface area contributed by atoms with E-state index in [9.17, 15) is 4.79 Å². The molecule has 1 aromatic carbocycles. The fraction of sp³-hybridized carbons (Fsp3) is 0.500. The molecule has 1 rings (SSSR count). The fourth-order valence-electron chi connectivity index (χ4n) is 1.68. The second-order valence-corrected chi connectivity index (χ2v) is 4.77. The Morgan fingerprint density at radius 3 is 2.78 bits per heavy atom. The molecule has 0 heterocycles. The van der Waals surface area contributed by atoms with E-state index in [1.165, 1.54) is 0 Å². The molecular formula is C14H23N3O. The molecule has 1 aromatic rings. The van der Waals surface area contributed by atoms with Crippen molar-refractivity contribution in [2.24, 2.45) is 11.7 Å². The van der Waals surface area contributed by atoms with Gasteiger partial charge in [0, 0.05) is 31.4 Å². The van der Waals surface area contributed by atoms with E-state index in [1.807, 2.05) is 50.2 Å². The number of hydrogen-bond donors (Lipinski definition) is 2. The Hall–Kier alpha value is -1.55. The van der Waals surface area contributed by atoms with Gasteiger partial charge in [-0.05, 0) is 37.6 Å². The molecule has 1 amide bonds. The van der Waals surface area contributed by atoms with Crippen molar-refractivity contribution in [2.75, 3.05) is 30.9 Å². The van der Waals surface area contributed by atoms with Gasteiger partial charge < -0.3 is 16.0 Å². The van der Waals surface area contributed by atoms with Crippen LogP contribution in [0.5, 0.6) is 0 Å². The third-order valence-corrected chi connectivity index (χ3v) is 2.92. The maximum Gasteiger partial charge on any atom is 0.227 e. The van der Waals surface area contributed by atoms with Crippen LogP contribution < -0.4 is 16.0 Å². The normalized spacial score (nSPS) is 12.0. The molecule has 3 N–H and O–H groups in total. The number of nitrogens with two attached hydrogens (primary N) is 1. The summed E-state index contributed by atoms with van der Waals surface area (Å²) in [5.74, 6) is 0.0518. The largest absolute Gasteiger partial charge is 0.378 e. The summed E-state index contributed by atoms with van der Waals surface area (Å²) < 4.78 is 0. The molecule has 0 saturated carbocycles. The molecule has 4 nitrogen and oxygen atoms in total. The summed E-state index contributed by atoms with van der Waals surface area (Å²) in [6.07, 6.45) is 1.71. The minimum absolute atomic E-state index is 0.00318. The van der Waals surface area contributed by atoms with E-state index >= 15 is 0 Å². The summed E-state index contributed by atoms with van der Waals surface area (Å²) in [5.41, 5.74) is 7.36. The first-order valence-corrected chi connectivity index (χ1v) is 6.33. The lowest BCUT2D eigenvalue weighted by Gasteiger charge is -2.15. The van der Waals surface area contributed by atoms with Crippen molar-refractivity contribution < 1.29 is 4.79 Å². The van der Waals surface area contributed by atoms with E-state index in [4.69, 9.17) is 5.73 Å². The average molecular weight is 249 g/mol. The zero-order chi connectivity index (χ0) is 13.5. The predicted octanol–water partition coefficient (Wildman–Crippen LogP) is 2.07. The molecular weight excluding hydrogens is 226 g/mol. The van der Waals surface area contributed by atoms with Crippen LogP contribution >= 0.6 is 0 Å². The van der Waals surface area contributed by atoms with Gasteiger partial charge >= 0.3 is 0 Å². The van der Waals surface area contributed by atoms with Crippen LogP contribution in [-0.2, 0) is 4.79 Å². The third-order valence-electron chi connectivity index (χ3n) is 2.92. The van der Waals surface area contributed by atoms with Crippen LogP contribution in [0.1, 0.15) is 19.8 Å². The molecule has 1 atom stereocenters. The molecule has 0 aliphatic heterocycles. The second-order valence-electron chi connectivity index (χ2n) is 4.77. The lowest BCUT2D eigenvalue weighted by molar-refractivity contribution is -0.119. The number of benzene rings is 1. The minimum atomic E-state index is -0.00318. The van der Waals surface area contributed by atoms with Gasteiger partial charge in [-0.3, -0.25) is 4.79 Å². The highest BCUT2D eigenvalue weighted by molar-refractivity contribution is 5.92. The van der Waals surface area contributed by atoms with Gasteiger partial charge in [-0.15, -0.1) is 0 Å². The number of carbonyl (C=O) groups excluding carboxylic acids is 1. The summed E-state index contributed by atoms with van der Waals surface area (Å²) in [6, 6.07) is 7.82. The molecule has 0 bridgehead atoms. The van der Waals surface area contributed by atoms with Gasteiger partial charge in [-0.2, -0.15) is 0 Å². The number of carbonyl (C=O) groups is 1. The highest BCUT2D eigenvalue weighted by Gasteiger charge is 2.12. The van der Waals surface area contributed by atoms with Crippen molar-refractivity contribution in [3.05, 3.63) is 24.3 Å². The number of rotatable bonds is 6. The van der Waals surface area contributed by atoms with Crippen molar-refractivity contribution in [3.8, 4) is 0 Å². The van der Waals surface area contributed by atoms with E-state index < -0.39 is 0 Å². The maximum atomic E-state index is 11.9. The average Bonchev–Trinajstić information content (AvgIpc) is 2.36. The van der Waals surface area contributed by atoms with Gasteiger partial charge in [-0.1, -0.05) is 13.0 Å². The van der Waals surface area contributed by atoms with Crippen molar-refractivity contribution >= 4 is 17.3 Å². The van der Waals surface area contributed by atoms with Crippen molar-refractivity contribution in [1.82, 2.24) is 0 Å². The van der Waals surface area contributed by atoms with Gasteiger partial charge in [-0.25, -0.2) is 0 Å².